The predicted octanol–water partition coefficient (Wildman–Crippen LogP) is 0.0746. The number of aliphatic hydroxyl groups excluding tert-OH is 2. The van der Waals surface area contributed by atoms with Gasteiger partial charge < -0.3 is 29.2 Å². The average Bonchev–Trinajstić information content (AvgIpc) is 2.41. The molecule has 16 heavy (non-hydrogen) atoms. The van der Waals surface area contributed by atoms with Gasteiger partial charge in [0.25, 0.3) is 0 Å². The van der Waals surface area contributed by atoms with Gasteiger partial charge in [-0.15, -0.1) is 0 Å². The summed E-state index contributed by atoms with van der Waals surface area (Å²) in [7, 11) is 0. The lowest BCUT2D eigenvalue weighted by molar-refractivity contribution is -0.222. The average molecular weight is 234 g/mol. The van der Waals surface area contributed by atoms with Crippen molar-refractivity contribution in [2.24, 2.45) is 0 Å². The lowest BCUT2D eigenvalue weighted by Gasteiger charge is -2.25. The lowest BCUT2D eigenvalue weighted by atomic mass is 10.0. The maximum atomic E-state index is 10.9. The maximum Gasteiger partial charge on any atom is 0.514 e. The van der Waals surface area contributed by atoms with Gasteiger partial charge in [-0.1, -0.05) is 6.58 Å². The van der Waals surface area contributed by atoms with Crippen LogP contribution in [0.3, 0.4) is 0 Å². The van der Waals surface area contributed by atoms with Crippen LogP contribution in [0.4, 0.5) is 4.79 Å². The van der Waals surface area contributed by atoms with Crippen LogP contribution >= 0.6 is 0 Å². The number of hydrogen-bond acceptors (Lipinski definition) is 7. The largest absolute Gasteiger partial charge is 0.514 e. The number of ether oxygens (including phenoxy) is 4. The Morgan fingerprint density at radius 1 is 1.44 bits per heavy atom. The Morgan fingerprint density at radius 2 is 2.00 bits per heavy atom. The van der Waals surface area contributed by atoms with E-state index in [4.69, 9.17) is 24.4 Å². The molecule has 7 heteroatoms. The van der Waals surface area contributed by atoms with Gasteiger partial charge in [0, 0.05) is 6.42 Å². The Morgan fingerprint density at radius 3 is 2.38 bits per heavy atom. The van der Waals surface area contributed by atoms with Gasteiger partial charge in [-0.3, -0.25) is 0 Å². The van der Waals surface area contributed by atoms with E-state index in [0.717, 1.165) is 0 Å². The molecule has 1 aliphatic heterocycles. The van der Waals surface area contributed by atoms with Crippen molar-refractivity contribution in [3.8, 4) is 0 Å². The molecule has 0 aromatic heterocycles. The predicted molar refractivity (Wildman–Crippen MR) is 49.9 cm³/mol. The summed E-state index contributed by atoms with van der Waals surface area (Å²) in [5.74, 6) is 0.130. The van der Waals surface area contributed by atoms with Crippen LogP contribution in [-0.2, 0) is 18.9 Å². The molecule has 0 bridgehead atoms. The van der Waals surface area contributed by atoms with Crippen molar-refractivity contribution in [3.63, 3.8) is 0 Å². The third-order valence-corrected chi connectivity index (χ3v) is 2.18. The van der Waals surface area contributed by atoms with Crippen LogP contribution in [-0.4, -0.2) is 41.8 Å². The monoisotopic (exact) mass is 234 g/mol. The van der Waals surface area contributed by atoms with E-state index in [-0.39, 0.29) is 12.2 Å². The molecule has 92 valence electrons. The summed E-state index contributed by atoms with van der Waals surface area (Å²) >= 11 is 0. The Kier molecular flexibility index (Phi) is 4.25. The number of cyclic esters (lactones) is 2. The van der Waals surface area contributed by atoms with Crippen LogP contribution in [0.25, 0.3) is 0 Å². The second kappa shape index (κ2) is 5.26. The van der Waals surface area contributed by atoms with Gasteiger partial charge in [-0.05, 0) is 6.92 Å². The zero-order valence-electron chi connectivity index (χ0n) is 8.84. The van der Waals surface area contributed by atoms with Crippen molar-refractivity contribution in [2.75, 3.05) is 13.6 Å². The summed E-state index contributed by atoms with van der Waals surface area (Å²) in [5.41, 5.74) is -1.09. The SMILES string of the molecule is C=C1OC(=O)OC1(C)CC(OCO)OCO. The first-order valence-electron chi connectivity index (χ1n) is 4.57. The zero-order valence-corrected chi connectivity index (χ0v) is 8.84. The zero-order chi connectivity index (χ0) is 12.2. The molecular formula is C9H14O7. The first-order chi connectivity index (χ1) is 7.51. The van der Waals surface area contributed by atoms with Crippen molar-refractivity contribution in [1.29, 1.82) is 0 Å². The highest BCUT2D eigenvalue weighted by atomic mass is 16.8. The molecule has 1 rings (SSSR count). The highest BCUT2D eigenvalue weighted by Crippen LogP contribution is 2.34. The first kappa shape index (κ1) is 12.9. The Balaban J connectivity index is 2.62. The van der Waals surface area contributed by atoms with Crippen LogP contribution in [0.1, 0.15) is 13.3 Å². The van der Waals surface area contributed by atoms with E-state index in [2.05, 4.69) is 11.3 Å². The molecule has 1 unspecified atom stereocenters. The van der Waals surface area contributed by atoms with Gasteiger partial charge in [0.15, 0.2) is 11.9 Å². The summed E-state index contributed by atoms with van der Waals surface area (Å²) < 4.78 is 19.1. The summed E-state index contributed by atoms with van der Waals surface area (Å²) in [6.07, 6.45) is -1.72. The third kappa shape index (κ3) is 2.92. The van der Waals surface area contributed by atoms with E-state index in [1.165, 1.54) is 0 Å². The summed E-state index contributed by atoms with van der Waals surface area (Å²) in [5, 5.41) is 17.2. The molecule has 1 atom stereocenters. The molecule has 0 spiro atoms. The summed E-state index contributed by atoms with van der Waals surface area (Å²) in [4.78, 5) is 10.9. The van der Waals surface area contributed by atoms with Gasteiger partial charge in [0.1, 0.15) is 19.3 Å². The number of carbonyl (C=O) groups is 1. The quantitative estimate of drug-likeness (QED) is 0.496. The molecule has 0 aromatic carbocycles. The van der Waals surface area contributed by atoms with Gasteiger partial charge >= 0.3 is 6.16 Å². The van der Waals surface area contributed by atoms with Crippen LogP contribution in [0, 0.1) is 0 Å². The van der Waals surface area contributed by atoms with Crippen molar-refractivity contribution in [1.82, 2.24) is 0 Å². The number of aliphatic hydroxyl groups is 2. The minimum Gasteiger partial charge on any atom is -0.419 e. The minimum atomic E-state index is -1.09. The fourth-order valence-corrected chi connectivity index (χ4v) is 1.28. The topological polar surface area (TPSA) is 94.5 Å². The Bertz CT molecular complexity index is 271. The second-order valence-electron chi connectivity index (χ2n) is 3.33. The molecule has 0 aliphatic carbocycles. The van der Waals surface area contributed by atoms with Crippen LogP contribution in [0.15, 0.2) is 12.3 Å². The molecule has 0 aromatic rings. The number of hydrogen-bond donors (Lipinski definition) is 2. The van der Waals surface area contributed by atoms with Gasteiger partial charge in [0.2, 0.25) is 0 Å². The fraction of sp³-hybridized carbons (Fsp3) is 0.667. The second-order valence-corrected chi connectivity index (χ2v) is 3.33. The van der Waals surface area contributed by atoms with E-state index in [9.17, 15) is 4.79 Å². The van der Waals surface area contributed by atoms with Crippen LogP contribution in [0.2, 0.25) is 0 Å². The highest BCUT2D eigenvalue weighted by molar-refractivity contribution is 5.66. The molecule has 7 nitrogen and oxygen atoms in total. The van der Waals surface area contributed by atoms with Crippen molar-refractivity contribution < 1.29 is 34.0 Å². The molecule has 0 radical (unpaired) electrons. The van der Waals surface area contributed by atoms with Crippen molar-refractivity contribution >= 4 is 6.16 Å². The first-order valence-corrected chi connectivity index (χ1v) is 4.57. The van der Waals surface area contributed by atoms with Gasteiger partial charge in [-0.25, -0.2) is 4.79 Å². The van der Waals surface area contributed by atoms with E-state index >= 15 is 0 Å². The van der Waals surface area contributed by atoms with Crippen LogP contribution < -0.4 is 0 Å². The number of carbonyl (C=O) groups excluding carboxylic acids is 1. The molecule has 0 amide bonds. The van der Waals surface area contributed by atoms with Gasteiger partial charge in [0.05, 0.1) is 0 Å². The molecule has 0 saturated carbocycles. The highest BCUT2D eigenvalue weighted by Gasteiger charge is 2.44. The molecule has 1 heterocycles. The van der Waals surface area contributed by atoms with Crippen LogP contribution in [0.5, 0.6) is 0 Å². The van der Waals surface area contributed by atoms with Gasteiger partial charge in [-0.2, -0.15) is 0 Å². The summed E-state index contributed by atoms with van der Waals surface area (Å²) in [6, 6.07) is 0. The van der Waals surface area contributed by atoms with E-state index < -0.39 is 31.6 Å². The lowest BCUT2D eigenvalue weighted by Crippen LogP contribution is -2.34. The molecule has 2 N–H and O–H groups in total. The molecule has 1 fully saturated rings. The summed E-state index contributed by atoms with van der Waals surface area (Å²) in [6.45, 7) is 3.93. The minimum absolute atomic E-state index is 0.0543. The maximum absolute atomic E-state index is 10.9. The van der Waals surface area contributed by atoms with Crippen molar-refractivity contribution in [3.05, 3.63) is 12.3 Å². The fourth-order valence-electron chi connectivity index (χ4n) is 1.28. The van der Waals surface area contributed by atoms with E-state index in [1.54, 1.807) is 6.92 Å². The Labute approximate surface area is 92.2 Å². The third-order valence-electron chi connectivity index (χ3n) is 2.18. The smallest absolute Gasteiger partial charge is 0.419 e. The van der Waals surface area contributed by atoms with E-state index in [1.807, 2.05) is 0 Å². The normalized spacial score (nSPS) is 24.8. The number of rotatable bonds is 6. The molecule has 1 saturated heterocycles. The molecular weight excluding hydrogens is 220 g/mol. The van der Waals surface area contributed by atoms with Crippen molar-refractivity contribution in [2.45, 2.75) is 25.2 Å². The standard InChI is InChI=1S/C9H14O7/c1-6-9(2,16-8(12)15-6)3-7(13-4-10)14-5-11/h7,10-11H,1,3-5H2,2H3. The van der Waals surface area contributed by atoms with E-state index in [0.29, 0.717) is 0 Å². The molecule has 1 aliphatic rings. The Hall–Kier alpha value is -1.15.